The van der Waals surface area contributed by atoms with Gasteiger partial charge in [0.1, 0.15) is 24.3 Å². The van der Waals surface area contributed by atoms with Crippen LogP contribution in [0.4, 0.5) is 13.6 Å². The lowest BCUT2D eigenvalue weighted by Gasteiger charge is -2.32. The number of carbonyl (C=O) groups is 2. The number of aliphatic hydroxyl groups excluding tert-OH is 1. The number of aliphatic hydroxyl groups is 1. The summed E-state index contributed by atoms with van der Waals surface area (Å²) >= 11 is 0. The Hall–Kier alpha value is -3.87. The maximum absolute atomic E-state index is 14.4. The average Bonchev–Trinajstić information content (AvgIpc) is 3.06. The number of rotatable bonds is 19. The van der Waals surface area contributed by atoms with Gasteiger partial charge in [0.2, 0.25) is 5.91 Å². The Bertz CT molecular complexity index is 1580. The zero-order chi connectivity index (χ0) is 36.0. The Balaban J connectivity index is 1.94. The molecule has 0 saturated heterocycles. The highest BCUT2D eigenvalue weighted by Gasteiger charge is 2.36. The highest BCUT2D eigenvalue weighted by molar-refractivity contribution is 7.92. The third-order valence-corrected chi connectivity index (χ3v) is 10.6. The number of hydrogen-bond donors (Lipinski definition) is 3. The van der Waals surface area contributed by atoms with E-state index in [-0.39, 0.29) is 31.7 Å². The van der Waals surface area contributed by atoms with Gasteiger partial charge in [0.25, 0.3) is 0 Å². The third-order valence-electron chi connectivity index (χ3n) is 8.31. The van der Waals surface area contributed by atoms with Crippen LogP contribution < -0.4 is 11.1 Å². The lowest BCUT2D eigenvalue weighted by atomic mass is 10.0. The van der Waals surface area contributed by atoms with E-state index in [0.717, 1.165) is 30.2 Å². The smallest absolute Gasteiger partial charge is 0.408 e. The minimum atomic E-state index is -3.89. The molecule has 0 aliphatic heterocycles. The largest absolute Gasteiger partial charge is 0.445 e. The molecule has 4 N–H and O–H groups in total. The number of carbonyl (C=O) groups excluding carboxylic acids is 2. The SMILES string of the molecule is CCCC(CCC)S(=O)(=O)CC(NC(=O)OCc1ccccc1)C(=O)N(Cc1cccc(CC)c1)C[C@@H](O)[C@@H](N)Cc1cc(F)cc(F)c1. The van der Waals surface area contributed by atoms with Gasteiger partial charge in [0.15, 0.2) is 9.84 Å². The van der Waals surface area contributed by atoms with Crippen LogP contribution in [0.3, 0.4) is 0 Å². The first-order valence-electron chi connectivity index (χ1n) is 16.8. The number of nitrogens with one attached hydrogen (secondary N) is 1. The number of amides is 2. The first-order chi connectivity index (χ1) is 23.3. The van der Waals surface area contributed by atoms with Crippen LogP contribution >= 0.6 is 0 Å². The van der Waals surface area contributed by atoms with E-state index >= 15 is 0 Å². The molecule has 1 unspecified atom stereocenters. The van der Waals surface area contributed by atoms with E-state index in [4.69, 9.17) is 10.5 Å². The van der Waals surface area contributed by atoms with E-state index in [0.29, 0.717) is 36.8 Å². The van der Waals surface area contributed by atoms with E-state index in [9.17, 15) is 31.9 Å². The summed E-state index contributed by atoms with van der Waals surface area (Å²) in [6.07, 6.45) is 0.321. The first kappa shape index (κ1) is 39.6. The van der Waals surface area contributed by atoms with Gasteiger partial charge < -0.3 is 25.8 Å². The molecule has 0 aromatic heterocycles. The van der Waals surface area contributed by atoms with Gasteiger partial charge in [-0.1, -0.05) is 88.2 Å². The fourth-order valence-electron chi connectivity index (χ4n) is 5.72. The summed E-state index contributed by atoms with van der Waals surface area (Å²) in [4.78, 5) is 28.7. The number of alkyl carbamates (subject to hydrolysis) is 1. The molecule has 0 aliphatic rings. The minimum Gasteiger partial charge on any atom is -0.445 e. The van der Waals surface area contributed by atoms with E-state index in [1.807, 2.05) is 45.0 Å². The molecule has 0 bridgehead atoms. The van der Waals surface area contributed by atoms with Crippen LogP contribution in [0.1, 0.15) is 68.7 Å². The van der Waals surface area contributed by atoms with Crippen molar-refractivity contribution in [3.63, 3.8) is 0 Å². The predicted molar refractivity (Wildman–Crippen MR) is 186 cm³/mol. The molecule has 0 aliphatic carbocycles. The standard InChI is InChI=1S/C37H49F2N3O6S/c1-4-11-32(12-5-2)49(46,47)25-34(41-37(45)48-24-27-13-8-7-9-14-27)36(44)42(22-28-16-10-15-26(6-3)17-28)23-35(43)33(40)20-29-18-30(38)21-31(39)19-29/h7-10,13-19,21,32-35,43H,4-6,11-12,20,22-25,40H2,1-3H3,(H,41,45)/t33-,34?,35+/m0/s1. The Labute approximate surface area is 288 Å². The van der Waals surface area contributed by atoms with Gasteiger partial charge in [-0.05, 0) is 60.1 Å². The molecule has 3 aromatic carbocycles. The van der Waals surface area contributed by atoms with E-state index in [1.54, 1.807) is 30.3 Å². The van der Waals surface area contributed by atoms with Crippen molar-refractivity contribution >= 4 is 21.8 Å². The van der Waals surface area contributed by atoms with Crippen molar-refractivity contribution in [2.24, 2.45) is 5.73 Å². The second-order valence-electron chi connectivity index (χ2n) is 12.4. The minimum absolute atomic E-state index is 0.0321. The van der Waals surface area contributed by atoms with E-state index in [1.165, 1.54) is 4.90 Å². The average molecular weight is 702 g/mol. The number of nitrogens with two attached hydrogens (primary N) is 1. The Morgan fingerprint density at radius 3 is 2.10 bits per heavy atom. The number of benzene rings is 3. The fourth-order valence-corrected chi connectivity index (χ4v) is 7.87. The zero-order valence-electron chi connectivity index (χ0n) is 28.5. The fraction of sp³-hybridized carbons (Fsp3) is 0.459. The van der Waals surface area contributed by atoms with Gasteiger partial charge in [-0.2, -0.15) is 0 Å². The van der Waals surface area contributed by atoms with E-state index < -0.39 is 62.7 Å². The highest BCUT2D eigenvalue weighted by Crippen LogP contribution is 2.19. The quantitative estimate of drug-likeness (QED) is 0.151. The van der Waals surface area contributed by atoms with Crippen molar-refractivity contribution in [1.29, 1.82) is 0 Å². The first-order valence-corrected chi connectivity index (χ1v) is 18.5. The van der Waals surface area contributed by atoms with Crippen LogP contribution in [0.25, 0.3) is 0 Å². The third kappa shape index (κ3) is 12.8. The molecular formula is C37H49F2N3O6S. The summed E-state index contributed by atoms with van der Waals surface area (Å²) < 4.78 is 60.5. The topological polar surface area (TPSA) is 139 Å². The molecule has 12 heteroatoms. The van der Waals surface area contributed by atoms with Crippen LogP contribution in [-0.4, -0.2) is 66.2 Å². The lowest BCUT2D eigenvalue weighted by molar-refractivity contribution is -0.135. The van der Waals surface area contributed by atoms with Crippen molar-refractivity contribution in [2.75, 3.05) is 12.3 Å². The van der Waals surface area contributed by atoms with Crippen LogP contribution in [0.2, 0.25) is 0 Å². The second-order valence-corrected chi connectivity index (χ2v) is 14.7. The Kier molecular flexibility index (Phi) is 15.6. The Morgan fingerprint density at radius 1 is 0.878 bits per heavy atom. The van der Waals surface area contributed by atoms with Gasteiger partial charge in [0, 0.05) is 25.2 Å². The van der Waals surface area contributed by atoms with Crippen LogP contribution in [0.5, 0.6) is 0 Å². The molecule has 0 heterocycles. The molecule has 0 radical (unpaired) electrons. The van der Waals surface area contributed by atoms with Crippen molar-refractivity contribution in [3.8, 4) is 0 Å². The van der Waals surface area contributed by atoms with Gasteiger partial charge in [-0.3, -0.25) is 4.79 Å². The number of nitrogens with zero attached hydrogens (tertiary/aromatic N) is 1. The normalized spacial score (nSPS) is 13.5. The summed E-state index contributed by atoms with van der Waals surface area (Å²) in [5.74, 6) is -3.00. The van der Waals surface area contributed by atoms with Crippen molar-refractivity contribution < 1.29 is 36.6 Å². The van der Waals surface area contributed by atoms with Crippen LogP contribution in [-0.2, 0) is 45.4 Å². The van der Waals surface area contributed by atoms with E-state index in [2.05, 4.69) is 5.32 Å². The summed E-state index contributed by atoms with van der Waals surface area (Å²) in [6.45, 7) is 5.27. The van der Waals surface area contributed by atoms with Crippen molar-refractivity contribution in [2.45, 2.75) is 95.9 Å². The monoisotopic (exact) mass is 701 g/mol. The Morgan fingerprint density at radius 2 is 1.49 bits per heavy atom. The molecule has 9 nitrogen and oxygen atoms in total. The molecular weight excluding hydrogens is 652 g/mol. The number of ether oxygens (including phenoxy) is 1. The molecule has 2 amide bonds. The summed E-state index contributed by atoms with van der Waals surface area (Å²) in [6, 6.07) is 16.7. The molecule has 0 saturated carbocycles. The van der Waals surface area contributed by atoms with Crippen molar-refractivity contribution in [1.82, 2.24) is 10.2 Å². The van der Waals surface area contributed by atoms with Gasteiger partial charge in [0.05, 0.1) is 17.1 Å². The molecule has 0 fully saturated rings. The maximum atomic E-state index is 14.4. The molecule has 3 rings (SSSR count). The second kappa shape index (κ2) is 19.4. The molecule has 3 aromatic rings. The molecule has 268 valence electrons. The van der Waals surface area contributed by atoms with Gasteiger partial charge >= 0.3 is 6.09 Å². The summed E-state index contributed by atoms with van der Waals surface area (Å²) in [7, 11) is -3.89. The molecule has 0 spiro atoms. The van der Waals surface area contributed by atoms with Crippen molar-refractivity contribution in [3.05, 3.63) is 107 Å². The summed E-state index contributed by atoms with van der Waals surface area (Å²) in [5.41, 5.74) is 8.91. The number of sulfone groups is 1. The number of halogens is 2. The van der Waals surface area contributed by atoms with Crippen LogP contribution in [0.15, 0.2) is 72.8 Å². The lowest BCUT2D eigenvalue weighted by Crippen LogP contribution is -2.55. The van der Waals surface area contributed by atoms with Gasteiger partial charge in [-0.15, -0.1) is 0 Å². The zero-order valence-corrected chi connectivity index (χ0v) is 29.3. The van der Waals surface area contributed by atoms with Crippen LogP contribution in [0, 0.1) is 11.6 Å². The number of aryl methyl sites for hydroxylation is 1. The molecule has 49 heavy (non-hydrogen) atoms. The highest BCUT2D eigenvalue weighted by atomic mass is 32.2. The number of hydrogen-bond acceptors (Lipinski definition) is 7. The maximum Gasteiger partial charge on any atom is 0.408 e. The summed E-state index contributed by atoms with van der Waals surface area (Å²) in [5, 5.41) is 13.0. The predicted octanol–water partition coefficient (Wildman–Crippen LogP) is 5.47. The van der Waals surface area contributed by atoms with Gasteiger partial charge in [-0.25, -0.2) is 22.0 Å². The molecule has 3 atom stereocenters.